The van der Waals surface area contributed by atoms with E-state index < -0.39 is 0 Å². The summed E-state index contributed by atoms with van der Waals surface area (Å²) < 4.78 is 17.7. The van der Waals surface area contributed by atoms with Crippen LogP contribution in [0.2, 0.25) is 0 Å². The van der Waals surface area contributed by atoms with Gasteiger partial charge in [0.1, 0.15) is 12.2 Å². The molecule has 0 aromatic heterocycles. The van der Waals surface area contributed by atoms with Gasteiger partial charge in [0, 0.05) is 25.4 Å². The third-order valence-corrected chi connectivity index (χ3v) is 5.65. The summed E-state index contributed by atoms with van der Waals surface area (Å²) in [6.45, 7) is 3.81. The first-order valence-electron chi connectivity index (χ1n) is 9.50. The fraction of sp³-hybridized carbons (Fsp3) is 0.650. The number of rotatable bonds is 4. The molecule has 3 saturated heterocycles. The standard InChI is InChI=1S/C20H27NO4/c22-20(16-5-2-1-3-6-16)21-13-18(19-17(21)7-4-10-24-19)25-14-15-8-11-23-12-9-15/h1-3,5-6,15,17-19H,4,7-14H2/t17-,18+,19+/m0/s1. The number of carbonyl (C=O) groups excluding carboxylic acids is 1. The van der Waals surface area contributed by atoms with E-state index in [0.717, 1.165) is 57.7 Å². The van der Waals surface area contributed by atoms with Crippen LogP contribution >= 0.6 is 0 Å². The first-order valence-corrected chi connectivity index (χ1v) is 9.50. The molecule has 3 aliphatic rings. The van der Waals surface area contributed by atoms with Crippen molar-refractivity contribution in [1.29, 1.82) is 0 Å². The van der Waals surface area contributed by atoms with E-state index in [1.165, 1.54) is 0 Å². The highest BCUT2D eigenvalue weighted by Gasteiger charge is 2.46. The zero-order valence-electron chi connectivity index (χ0n) is 14.6. The van der Waals surface area contributed by atoms with Crippen molar-refractivity contribution < 1.29 is 19.0 Å². The second kappa shape index (κ2) is 7.85. The number of nitrogens with zero attached hydrogens (tertiary/aromatic N) is 1. The van der Waals surface area contributed by atoms with E-state index in [1.807, 2.05) is 35.2 Å². The molecule has 0 bridgehead atoms. The quantitative estimate of drug-likeness (QED) is 0.841. The fourth-order valence-corrected chi connectivity index (χ4v) is 4.21. The lowest BCUT2D eigenvalue weighted by Crippen LogP contribution is -2.44. The second-order valence-corrected chi connectivity index (χ2v) is 7.30. The van der Waals surface area contributed by atoms with Gasteiger partial charge in [-0.3, -0.25) is 4.79 Å². The lowest BCUT2D eigenvalue weighted by atomic mass is 10.0. The summed E-state index contributed by atoms with van der Waals surface area (Å²) in [4.78, 5) is 14.9. The highest BCUT2D eigenvalue weighted by atomic mass is 16.5. The Labute approximate surface area is 149 Å². The van der Waals surface area contributed by atoms with Crippen LogP contribution in [-0.4, -0.2) is 62.0 Å². The van der Waals surface area contributed by atoms with Crippen LogP contribution in [0, 0.1) is 5.92 Å². The molecule has 3 atom stereocenters. The topological polar surface area (TPSA) is 48.0 Å². The van der Waals surface area contributed by atoms with E-state index in [2.05, 4.69) is 0 Å². The predicted molar refractivity (Wildman–Crippen MR) is 93.5 cm³/mol. The van der Waals surface area contributed by atoms with Crippen molar-refractivity contribution in [3.8, 4) is 0 Å². The van der Waals surface area contributed by atoms with Crippen molar-refractivity contribution in [2.45, 2.75) is 43.9 Å². The first kappa shape index (κ1) is 17.0. The molecule has 3 heterocycles. The SMILES string of the molecule is O=C(c1ccccc1)N1C[C@@H](OCC2CCOCC2)[C@@H]2OCCC[C@@H]21. The van der Waals surface area contributed by atoms with E-state index in [4.69, 9.17) is 14.2 Å². The van der Waals surface area contributed by atoms with Crippen molar-refractivity contribution in [1.82, 2.24) is 4.90 Å². The summed E-state index contributed by atoms with van der Waals surface area (Å²) in [6, 6.07) is 9.68. The van der Waals surface area contributed by atoms with Crippen LogP contribution in [-0.2, 0) is 14.2 Å². The van der Waals surface area contributed by atoms with E-state index in [-0.39, 0.29) is 24.2 Å². The lowest BCUT2D eigenvalue weighted by molar-refractivity contribution is -0.0886. The first-order chi connectivity index (χ1) is 12.3. The Morgan fingerprint density at radius 2 is 1.92 bits per heavy atom. The largest absolute Gasteiger partial charge is 0.381 e. The van der Waals surface area contributed by atoms with Crippen molar-refractivity contribution in [3.05, 3.63) is 35.9 Å². The van der Waals surface area contributed by atoms with E-state index in [0.29, 0.717) is 12.5 Å². The highest BCUT2D eigenvalue weighted by molar-refractivity contribution is 5.94. The molecule has 1 aromatic carbocycles. The second-order valence-electron chi connectivity index (χ2n) is 7.30. The highest BCUT2D eigenvalue weighted by Crippen LogP contribution is 2.32. The predicted octanol–water partition coefficient (Wildman–Crippen LogP) is 2.50. The maximum absolute atomic E-state index is 13.0. The van der Waals surface area contributed by atoms with Gasteiger partial charge in [0.15, 0.2) is 0 Å². The van der Waals surface area contributed by atoms with Gasteiger partial charge in [-0.1, -0.05) is 18.2 Å². The molecule has 0 aliphatic carbocycles. The number of benzene rings is 1. The Hall–Kier alpha value is -1.43. The summed E-state index contributed by atoms with van der Waals surface area (Å²) >= 11 is 0. The van der Waals surface area contributed by atoms with Crippen LogP contribution in [0.3, 0.4) is 0 Å². The molecule has 3 fully saturated rings. The number of fused-ring (bicyclic) bond motifs is 1. The van der Waals surface area contributed by atoms with Gasteiger partial charge < -0.3 is 19.1 Å². The molecule has 136 valence electrons. The van der Waals surface area contributed by atoms with E-state index in [9.17, 15) is 4.79 Å². The van der Waals surface area contributed by atoms with Gasteiger partial charge in [0.05, 0.1) is 19.2 Å². The van der Waals surface area contributed by atoms with Gasteiger partial charge in [-0.2, -0.15) is 0 Å². The third-order valence-electron chi connectivity index (χ3n) is 5.65. The molecule has 1 aromatic rings. The van der Waals surface area contributed by atoms with Crippen molar-refractivity contribution in [2.24, 2.45) is 5.92 Å². The summed E-state index contributed by atoms with van der Waals surface area (Å²) in [5.41, 5.74) is 0.747. The summed E-state index contributed by atoms with van der Waals surface area (Å²) in [7, 11) is 0. The molecule has 1 amide bonds. The number of ether oxygens (including phenoxy) is 3. The zero-order chi connectivity index (χ0) is 17.1. The monoisotopic (exact) mass is 345 g/mol. The van der Waals surface area contributed by atoms with Crippen LogP contribution in [0.25, 0.3) is 0 Å². The molecule has 0 saturated carbocycles. The molecule has 4 rings (SSSR count). The minimum Gasteiger partial charge on any atom is -0.381 e. The fourth-order valence-electron chi connectivity index (χ4n) is 4.21. The molecular formula is C20H27NO4. The molecule has 0 spiro atoms. The Kier molecular flexibility index (Phi) is 5.34. The molecule has 5 nitrogen and oxygen atoms in total. The third kappa shape index (κ3) is 3.73. The number of hydrogen-bond acceptors (Lipinski definition) is 4. The molecule has 25 heavy (non-hydrogen) atoms. The lowest BCUT2D eigenvalue weighted by Gasteiger charge is -2.32. The van der Waals surface area contributed by atoms with Crippen LogP contribution in [0.5, 0.6) is 0 Å². The van der Waals surface area contributed by atoms with Crippen molar-refractivity contribution in [3.63, 3.8) is 0 Å². The number of amides is 1. The van der Waals surface area contributed by atoms with Crippen LogP contribution in [0.4, 0.5) is 0 Å². The molecule has 0 unspecified atom stereocenters. The minimum absolute atomic E-state index is 0.0131. The normalized spacial score (nSPS) is 30.2. The smallest absolute Gasteiger partial charge is 0.254 e. The van der Waals surface area contributed by atoms with Gasteiger partial charge in [-0.05, 0) is 43.7 Å². The molecular weight excluding hydrogens is 318 g/mol. The summed E-state index contributed by atoms with van der Waals surface area (Å²) in [5, 5.41) is 0. The molecule has 5 heteroatoms. The number of carbonyl (C=O) groups is 1. The Morgan fingerprint density at radius 1 is 1.12 bits per heavy atom. The minimum atomic E-state index is -0.0131. The van der Waals surface area contributed by atoms with E-state index >= 15 is 0 Å². The maximum Gasteiger partial charge on any atom is 0.254 e. The van der Waals surface area contributed by atoms with Gasteiger partial charge in [-0.15, -0.1) is 0 Å². The van der Waals surface area contributed by atoms with Gasteiger partial charge in [0.2, 0.25) is 0 Å². The van der Waals surface area contributed by atoms with Crippen molar-refractivity contribution in [2.75, 3.05) is 33.0 Å². The summed E-state index contributed by atoms with van der Waals surface area (Å²) in [6.07, 6.45) is 4.14. The zero-order valence-corrected chi connectivity index (χ0v) is 14.6. The number of likely N-dealkylation sites (tertiary alicyclic amines) is 1. The van der Waals surface area contributed by atoms with Gasteiger partial charge >= 0.3 is 0 Å². The average Bonchev–Trinajstić information content (AvgIpc) is 3.06. The van der Waals surface area contributed by atoms with Gasteiger partial charge in [0.25, 0.3) is 5.91 Å². The van der Waals surface area contributed by atoms with Crippen molar-refractivity contribution >= 4 is 5.91 Å². The summed E-state index contributed by atoms with van der Waals surface area (Å²) in [5.74, 6) is 0.660. The number of hydrogen-bond donors (Lipinski definition) is 0. The van der Waals surface area contributed by atoms with Crippen LogP contribution in [0.1, 0.15) is 36.0 Å². The van der Waals surface area contributed by atoms with Gasteiger partial charge in [-0.25, -0.2) is 0 Å². The maximum atomic E-state index is 13.0. The molecule has 0 N–H and O–H groups in total. The molecule has 0 radical (unpaired) electrons. The molecule has 3 aliphatic heterocycles. The van der Waals surface area contributed by atoms with E-state index in [1.54, 1.807) is 0 Å². The van der Waals surface area contributed by atoms with Crippen LogP contribution in [0.15, 0.2) is 30.3 Å². The Balaban J connectivity index is 1.43. The average molecular weight is 345 g/mol. The Bertz CT molecular complexity index is 572. The Morgan fingerprint density at radius 3 is 2.72 bits per heavy atom. The van der Waals surface area contributed by atoms with Crippen LogP contribution < -0.4 is 0 Å².